The van der Waals surface area contributed by atoms with Gasteiger partial charge >= 0.3 is 0 Å². The average molecular weight is 356 g/mol. The lowest BCUT2D eigenvalue weighted by atomic mass is 10.2. The molecule has 1 fully saturated rings. The third kappa shape index (κ3) is 4.20. The number of hydrogen-bond acceptors (Lipinski definition) is 3. The van der Waals surface area contributed by atoms with Crippen LogP contribution in [-0.2, 0) is 16.1 Å². The number of benzene rings is 2. The summed E-state index contributed by atoms with van der Waals surface area (Å²) in [5.41, 5.74) is 1.30. The van der Waals surface area contributed by atoms with Gasteiger partial charge in [0.2, 0.25) is 5.91 Å². The smallest absolute Gasteiger partial charge is 0.260 e. The summed E-state index contributed by atoms with van der Waals surface area (Å²) in [5, 5.41) is 0. The van der Waals surface area contributed by atoms with E-state index in [0.717, 1.165) is 18.7 Å². The van der Waals surface area contributed by atoms with Crippen molar-refractivity contribution in [2.75, 3.05) is 25.1 Å². The van der Waals surface area contributed by atoms with Crippen LogP contribution in [0.25, 0.3) is 0 Å². The fourth-order valence-electron chi connectivity index (χ4n) is 2.87. The van der Waals surface area contributed by atoms with Gasteiger partial charge in [0, 0.05) is 37.8 Å². The van der Waals surface area contributed by atoms with Crippen molar-refractivity contribution < 1.29 is 18.7 Å². The van der Waals surface area contributed by atoms with Crippen molar-refractivity contribution in [1.29, 1.82) is 0 Å². The molecule has 0 radical (unpaired) electrons. The molecule has 0 aliphatic carbocycles. The van der Waals surface area contributed by atoms with Crippen LogP contribution in [0.5, 0.6) is 5.75 Å². The van der Waals surface area contributed by atoms with Gasteiger partial charge in [-0.15, -0.1) is 0 Å². The number of rotatable bonds is 6. The molecule has 136 valence electrons. The summed E-state index contributed by atoms with van der Waals surface area (Å²) < 4.78 is 19.2. The predicted octanol–water partition coefficient (Wildman–Crippen LogP) is 2.99. The summed E-state index contributed by atoms with van der Waals surface area (Å²) in [6.45, 7) is 0.788. The Morgan fingerprint density at radius 2 is 1.92 bits per heavy atom. The van der Waals surface area contributed by atoms with Crippen LogP contribution in [0.15, 0.2) is 48.5 Å². The first kappa shape index (κ1) is 17.9. The van der Waals surface area contributed by atoms with Crippen molar-refractivity contribution in [3.05, 3.63) is 59.9 Å². The number of ether oxygens (including phenoxy) is 1. The first-order valence-electron chi connectivity index (χ1n) is 8.55. The SMILES string of the molecule is CN(Cc1ccccc1F)C(=O)COc1ccc(N2CCCC2=O)cc1. The predicted molar refractivity (Wildman–Crippen MR) is 96.4 cm³/mol. The van der Waals surface area contributed by atoms with Crippen LogP contribution < -0.4 is 9.64 Å². The molecule has 6 heteroatoms. The molecule has 0 bridgehead atoms. The topological polar surface area (TPSA) is 49.9 Å². The van der Waals surface area contributed by atoms with Crippen LogP contribution in [-0.4, -0.2) is 36.9 Å². The summed E-state index contributed by atoms with van der Waals surface area (Å²) in [5.74, 6) is 0.101. The summed E-state index contributed by atoms with van der Waals surface area (Å²) in [7, 11) is 1.61. The van der Waals surface area contributed by atoms with Crippen LogP contribution in [0.2, 0.25) is 0 Å². The highest BCUT2D eigenvalue weighted by molar-refractivity contribution is 5.95. The minimum atomic E-state index is -0.333. The minimum Gasteiger partial charge on any atom is -0.484 e. The number of halogens is 1. The quantitative estimate of drug-likeness (QED) is 0.800. The van der Waals surface area contributed by atoms with Crippen molar-refractivity contribution in [2.24, 2.45) is 0 Å². The minimum absolute atomic E-state index is 0.128. The van der Waals surface area contributed by atoms with Crippen molar-refractivity contribution in [3.8, 4) is 5.75 Å². The molecule has 1 heterocycles. The Bertz CT molecular complexity index is 792. The number of likely N-dealkylation sites (N-methyl/N-ethyl adjacent to an activating group) is 1. The molecule has 2 aromatic rings. The first-order chi connectivity index (χ1) is 12.5. The number of hydrogen-bond donors (Lipinski definition) is 0. The molecule has 0 saturated carbocycles. The summed E-state index contributed by atoms with van der Waals surface area (Å²) in [6.07, 6.45) is 1.46. The normalized spacial score (nSPS) is 13.8. The zero-order valence-corrected chi connectivity index (χ0v) is 14.7. The Balaban J connectivity index is 1.52. The second-order valence-corrected chi connectivity index (χ2v) is 6.27. The molecule has 3 rings (SSSR count). The van der Waals surface area contributed by atoms with E-state index in [2.05, 4.69) is 0 Å². The van der Waals surface area contributed by atoms with Crippen molar-refractivity contribution in [2.45, 2.75) is 19.4 Å². The van der Waals surface area contributed by atoms with Crippen molar-refractivity contribution in [3.63, 3.8) is 0 Å². The molecule has 2 amide bonds. The Morgan fingerprint density at radius 3 is 2.58 bits per heavy atom. The van der Waals surface area contributed by atoms with Crippen LogP contribution in [0, 0.1) is 5.82 Å². The van der Waals surface area contributed by atoms with Crippen LogP contribution in [0.3, 0.4) is 0 Å². The summed E-state index contributed by atoms with van der Waals surface area (Å²) in [4.78, 5) is 27.1. The van der Waals surface area contributed by atoms with Crippen LogP contribution >= 0.6 is 0 Å². The van der Waals surface area contributed by atoms with E-state index in [0.29, 0.717) is 17.7 Å². The van der Waals surface area contributed by atoms with Crippen molar-refractivity contribution >= 4 is 17.5 Å². The van der Waals surface area contributed by atoms with Gasteiger partial charge in [0.1, 0.15) is 11.6 Å². The molecule has 1 aliphatic heterocycles. The van der Waals surface area contributed by atoms with Gasteiger partial charge in [-0.05, 0) is 36.8 Å². The van der Waals surface area contributed by atoms with E-state index in [-0.39, 0.29) is 30.8 Å². The first-order valence-corrected chi connectivity index (χ1v) is 8.55. The highest BCUT2D eigenvalue weighted by atomic mass is 19.1. The molecule has 1 saturated heterocycles. The Labute approximate surface area is 152 Å². The van der Waals surface area contributed by atoms with E-state index in [4.69, 9.17) is 4.74 Å². The molecule has 2 aromatic carbocycles. The maximum atomic E-state index is 13.7. The van der Waals surface area contributed by atoms with Crippen LogP contribution in [0.4, 0.5) is 10.1 Å². The van der Waals surface area contributed by atoms with Gasteiger partial charge in [0.15, 0.2) is 6.61 Å². The number of anilines is 1. The maximum Gasteiger partial charge on any atom is 0.260 e. The number of amides is 2. The molecule has 0 unspecified atom stereocenters. The zero-order chi connectivity index (χ0) is 18.5. The molecule has 0 N–H and O–H groups in total. The fourth-order valence-corrected chi connectivity index (χ4v) is 2.87. The monoisotopic (exact) mass is 356 g/mol. The lowest BCUT2D eigenvalue weighted by Crippen LogP contribution is -2.31. The Morgan fingerprint density at radius 1 is 1.19 bits per heavy atom. The van der Waals surface area contributed by atoms with Gasteiger partial charge in [-0.25, -0.2) is 4.39 Å². The van der Waals surface area contributed by atoms with Gasteiger partial charge in [-0.1, -0.05) is 18.2 Å². The average Bonchev–Trinajstić information content (AvgIpc) is 3.08. The molecule has 0 aromatic heterocycles. The largest absolute Gasteiger partial charge is 0.484 e. The third-order valence-electron chi connectivity index (χ3n) is 4.38. The third-order valence-corrected chi connectivity index (χ3v) is 4.38. The van der Waals surface area contributed by atoms with E-state index in [1.807, 2.05) is 12.1 Å². The molecule has 0 spiro atoms. The fraction of sp³-hybridized carbons (Fsp3) is 0.300. The Kier molecular flexibility index (Phi) is 5.51. The van der Waals surface area contributed by atoms with Gasteiger partial charge in [-0.2, -0.15) is 0 Å². The Hall–Kier alpha value is -2.89. The molecule has 26 heavy (non-hydrogen) atoms. The lowest BCUT2D eigenvalue weighted by molar-refractivity contribution is -0.132. The van der Waals surface area contributed by atoms with Crippen molar-refractivity contribution in [1.82, 2.24) is 4.90 Å². The van der Waals surface area contributed by atoms with Crippen LogP contribution in [0.1, 0.15) is 18.4 Å². The zero-order valence-electron chi connectivity index (χ0n) is 14.7. The van der Waals surface area contributed by atoms with Gasteiger partial charge in [0.25, 0.3) is 5.91 Å². The summed E-state index contributed by atoms with van der Waals surface area (Å²) >= 11 is 0. The molecular weight excluding hydrogens is 335 g/mol. The van der Waals surface area contributed by atoms with Gasteiger partial charge in [0.05, 0.1) is 0 Å². The highest BCUT2D eigenvalue weighted by Crippen LogP contribution is 2.23. The van der Waals surface area contributed by atoms with E-state index in [1.54, 1.807) is 42.3 Å². The highest BCUT2D eigenvalue weighted by Gasteiger charge is 2.21. The molecule has 1 aliphatic rings. The summed E-state index contributed by atoms with van der Waals surface area (Å²) in [6, 6.07) is 13.5. The van der Waals surface area contributed by atoms with Gasteiger partial charge < -0.3 is 14.5 Å². The second-order valence-electron chi connectivity index (χ2n) is 6.27. The standard InChI is InChI=1S/C20H21FN2O3/c1-22(13-15-5-2-3-6-18(15)21)20(25)14-26-17-10-8-16(9-11-17)23-12-4-7-19(23)24/h2-3,5-6,8-11H,4,7,12-14H2,1H3. The number of nitrogens with zero attached hydrogens (tertiary/aromatic N) is 2. The van der Waals surface area contributed by atoms with E-state index < -0.39 is 0 Å². The molecule has 5 nitrogen and oxygen atoms in total. The lowest BCUT2D eigenvalue weighted by Gasteiger charge is -2.18. The number of carbonyl (C=O) groups is 2. The molecular formula is C20H21FN2O3. The second kappa shape index (κ2) is 7.99. The maximum absolute atomic E-state index is 13.7. The van der Waals surface area contributed by atoms with E-state index in [1.165, 1.54) is 11.0 Å². The van der Waals surface area contributed by atoms with E-state index >= 15 is 0 Å². The number of carbonyl (C=O) groups excluding carboxylic acids is 2. The van der Waals surface area contributed by atoms with Gasteiger partial charge in [-0.3, -0.25) is 9.59 Å². The molecule has 0 atom stereocenters. The van der Waals surface area contributed by atoms with E-state index in [9.17, 15) is 14.0 Å².